The number of esters is 1. The van der Waals surface area contributed by atoms with Crippen molar-refractivity contribution in [1.29, 1.82) is 0 Å². The molecule has 0 amide bonds. The van der Waals surface area contributed by atoms with Crippen LogP contribution in [0.5, 0.6) is 17.2 Å². The summed E-state index contributed by atoms with van der Waals surface area (Å²) in [6, 6.07) is 4.11. The van der Waals surface area contributed by atoms with Gasteiger partial charge in [-0.25, -0.2) is 13.6 Å². The highest BCUT2D eigenvalue weighted by atomic mass is 19.2. The molecule has 8 heteroatoms. The molecular weight excluding hydrogens is 365 g/mol. The maximum absolute atomic E-state index is 14.3. The third-order valence-corrected chi connectivity index (χ3v) is 4.23. The average molecular weight is 382 g/mol. The maximum atomic E-state index is 14.3. The molecule has 1 unspecified atom stereocenters. The molecule has 27 heavy (non-hydrogen) atoms. The Kier molecular flexibility index (Phi) is 5.27. The van der Waals surface area contributed by atoms with Gasteiger partial charge in [-0.1, -0.05) is 0 Å². The highest BCUT2D eigenvalue weighted by Gasteiger charge is 2.26. The molecule has 5 nitrogen and oxygen atoms in total. The molecule has 0 spiro atoms. The molecule has 0 saturated carbocycles. The van der Waals surface area contributed by atoms with Gasteiger partial charge in [-0.3, -0.25) is 0 Å². The van der Waals surface area contributed by atoms with Crippen LogP contribution in [-0.2, 0) is 4.74 Å². The molecule has 1 atom stereocenters. The van der Waals surface area contributed by atoms with Gasteiger partial charge >= 0.3 is 5.97 Å². The van der Waals surface area contributed by atoms with Gasteiger partial charge in [0.25, 0.3) is 0 Å². The Balaban J connectivity index is 1.87. The van der Waals surface area contributed by atoms with Gasteiger partial charge in [0.2, 0.25) is 11.6 Å². The third kappa shape index (κ3) is 3.85. The van der Waals surface area contributed by atoms with Crippen molar-refractivity contribution in [3.05, 3.63) is 52.3 Å². The number of hydrogen-bond acceptors (Lipinski definition) is 5. The molecule has 0 aromatic heterocycles. The van der Waals surface area contributed by atoms with Crippen LogP contribution in [0.4, 0.5) is 13.2 Å². The fourth-order valence-electron chi connectivity index (χ4n) is 2.36. The van der Waals surface area contributed by atoms with Crippen LogP contribution in [-0.4, -0.2) is 32.4 Å². The average Bonchev–Trinajstić information content (AvgIpc) is 3.50. The molecule has 1 aliphatic heterocycles. The summed E-state index contributed by atoms with van der Waals surface area (Å²) in [5.74, 6) is -5.48. The lowest BCUT2D eigenvalue weighted by Gasteiger charge is -2.13. The van der Waals surface area contributed by atoms with Crippen LogP contribution < -0.4 is 14.2 Å². The highest BCUT2D eigenvalue weighted by Crippen LogP contribution is 2.32. The molecule has 1 fully saturated rings. The van der Waals surface area contributed by atoms with Gasteiger partial charge in [-0.05, 0) is 43.2 Å². The lowest BCUT2D eigenvalue weighted by Crippen LogP contribution is -2.14. The van der Waals surface area contributed by atoms with Crippen LogP contribution in [0.25, 0.3) is 0 Å². The van der Waals surface area contributed by atoms with Gasteiger partial charge < -0.3 is 18.9 Å². The van der Waals surface area contributed by atoms with Crippen molar-refractivity contribution in [2.45, 2.75) is 20.0 Å². The molecule has 3 rings (SSSR count). The Morgan fingerprint density at radius 2 is 1.78 bits per heavy atom. The minimum absolute atomic E-state index is 0.0213. The molecule has 0 aliphatic carbocycles. The van der Waals surface area contributed by atoms with E-state index in [0.717, 1.165) is 0 Å². The van der Waals surface area contributed by atoms with Crippen molar-refractivity contribution in [3.8, 4) is 17.2 Å². The van der Waals surface area contributed by atoms with Crippen molar-refractivity contribution < 1.29 is 36.9 Å². The summed E-state index contributed by atoms with van der Waals surface area (Å²) >= 11 is 0. The van der Waals surface area contributed by atoms with Crippen molar-refractivity contribution in [2.24, 2.45) is 0 Å². The van der Waals surface area contributed by atoms with Gasteiger partial charge in [0.15, 0.2) is 23.1 Å². The molecule has 0 bridgehead atoms. The van der Waals surface area contributed by atoms with E-state index >= 15 is 0 Å². The predicted molar refractivity (Wildman–Crippen MR) is 89.0 cm³/mol. The first-order chi connectivity index (χ1) is 12.8. The summed E-state index contributed by atoms with van der Waals surface area (Å²) < 4.78 is 62.7. The van der Waals surface area contributed by atoms with Crippen molar-refractivity contribution >= 4 is 5.97 Å². The third-order valence-electron chi connectivity index (χ3n) is 4.23. The monoisotopic (exact) mass is 382 g/mol. The normalized spacial score (nSPS) is 15.4. The minimum Gasteiger partial charge on any atom is -0.493 e. The van der Waals surface area contributed by atoms with E-state index < -0.39 is 29.2 Å². The quantitative estimate of drug-likeness (QED) is 0.330. The molecule has 1 aliphatic rings. The van der Waals surface area contributed by atoms with Crippen molar-refractivity contribution in [3.63, 3.8) is 0 Å². The second-order valence-electron chi connectivity index (χ2n) is 6.04. The van der Waals surface area contributed by atoms with E-state index in [9.17, 15) is 18.0 Å². The van der Waals surface area contributed by atoms with E-state index in [-0.39, 0.29) is 35.2 Å². The standard InChI is InChI=1S/C19H17F3O5/c1-9-10(2)16(21)18(17(22)15(9)20)27-19(23)11-4-5-13(24-3)14(6-11)26-8-12-7-25-12/h4-6,12H,7-8H2,1-3H3. The van der Waals surface area contributed by atoms with E-state index in [1.54, 1.807) is 0 Å². The molecule has 0 N–H and O–H groups in total. The van der Waals surface area contributed by atoms with Crippen LogP contribution in [0.3, 0.4) is 0 Å². The Bertz CT molecular complexity index is 864. The molecule has 144 valence electrons. The summed E-state index contributed by atoms with van der Waals surface area (Å²) in [7, 11) is 1.43. The zero-order valence-corrected chi connectivity index (χ0v) is 14.9. The largest absolute Gasteiger partial charge is 0.493 e. The van der Waals surface area contributed by atoms with Crippen LogP contribution in [0.15, 0.2) is 18.2 Å². The second kappa shape index (κ2) is 7.48. The molecule has 1 heterocycles. The number of methoxy groups -OCH3 is 1. The summed E-state index contributed by atoms with van der Waals surface area (Å²) in [6.07, 6.45) is -0.0213. The number of benzene rings is 2. The number of ether oxygens (including phenoxy) is 4. The number of rotatable bonds is 6. The number of epoxide rings is 1. The zero-order valence-electron chi connectivity index (χ0n) is 14.9. The molecular formula is C19H17F3O5. The van der Waals surface area contributed by atoms with Crippen LogP contribution in [0.2, 0.25) is 0 Å². The summed E-state index contributed by atoms with van der Waals surface area (Å²) in [5, 5.41) is 0. The van der Waals surface area contributed by atoms with E-state index in [4.69, 9.17) is 18.9 Å². The van der Waals surface area contributed by atoms with E-state index in [1.165, 1.54) is 39.2 Å². The molecule has 2 aromatic carbocycles. The number of hydrogen-bond donors (Lipinski definition) is 0. The minimum atomic E-state index is -1.56. The fourth-order valence-corrected chi connectivity index (χ4v) is 2.36. The Morgan fingerprint density at radius 3 is 2.41 bits per heavy atom. The number of carbonyl (C=O) groups is 1. The Morgan fingerprint density at radius 1 is 1.11 bits per heavy atom. The predicted octanol–water partition coefficient (Wildman–Crippen LogP) is 3.73. The van der Waals surface area contributed by atoms with Gasteiger partial charge in [0.1, 0.15) is 12.7 Å². The second-order valence-corrected chi connectivity index (χ2v) is 6.04. The molecule has 1 saturated heterocycles. The Hall–Kier alpha value is -2.74. The summed E-state index contributed by atoms with van der Waals surface area (Å²) in [6.45, 7) is 3.35. The number of halogens is 3. The van der Waals surface area contributed by atoms with Crippen molar-refractivity contribution in [2.75, 3.05) is 20.3 Å². The van der Waals surface area contributed by atoms with E-state index in [2.05, 4.69) is 0 Å². The van der Waals surface area contributed by atoms with E-state index in [1.807, 2.05) is 0 Å². The van der Waals surface area contributed by atoms with Crippen LogP contribution in [0, 0.1) is 31.3 Å². The Labute approximate surface area is 153 Å². The van der Waals surface area contributed by atoms with Crippen LogP contribution >= 0.6 is 0 Å². The summed E-state index contributed by atoms with van der Waals surface area (Å²) in [5.41, 5.74) is -0.368. The number of carbonyl (C=O) groups excluding carboxylic acids is 1. The lowest BCUT2D eigenvalue weighted by atomic mass is 10.1. The fraction of sp³-hybridized carbons (Fsp3) is 0.316. The first-order valence-corrected chi connectivity index (χ1v) is 8.11. The molecule has 2 aromatic rings. The van der Waals surface area contributed by atoms with Crippen molar-refractivity contribution in [1.82, 2.24) is 0 Å². The lowest BCUT2D eigenvalue weighted by molar-refractivity contribution is 0.0718. The summed E-state index contributed by atoms with van der Waals surface area (Å²) in [4.78, 5) is 12.3. The van der Waals surface area contributed by atoms with Crippen LogP contribution in [0.1, 0.15) is 21.5 Å². The molecule has 0 radical (unpaired) electrons. The SMILES string of the molecule is COc1ccc(C(=O)Oc2c(F)c(C)c(C)c(F)c2F)cc1OCC1CO1. The first-order valence-electron chi connectivity index (χ1n) is 8.11. The smallest absolute Gasteiger partial charge is 0.343 e. The first kappa shape index (κ1) is 19.0. The van der Waals surface area contributed by atoms with Gasteiger partial charge in [-0.2, -0.15) is 4.39 Å². The van der Waals surface area contributed by atoms with Gasteiger partial charge in [-0.15, -0.1) is 0 Å². The zero-order chi connectivity index (χ0) is 19.7. The van der Waals surface area contributed by atoms with E-state index in [0.29, 0.717) is 12.4 Å². The highest BCUT2D eigenvalue weighted by molar-refractivity contribution is 5.92. The maximum Gasteiger partial charge on any atom is 0.343 e. The van der Waals surface area contributed by atoms with Gasteiger partial charge in [0.05, 0.1) is 19.3 Å². The van der Waals surface area contributed by atoms with Gasteiger partial charge in [0, 0.05) is 0 Å². The topological polar surface area (TPSA) is 57.3 Å².